The molecule has 0 bridgehead atoms. The molecule has 2 heterocycles. The molecule has 2 rings (SSSR count). The van der Waals surface area contributed by atoms with E-state index in [9.17, 15) is 4.79 Å². The Morgan fingerprint density at radius 1 is 1.60 bits per heavy atom. The molecule has 0 radical (unpaired) electrons. The number of carbonyl (C=O) groups excluding carboxylic acids is 1. The molecular formula is C9H14N4O2. The van der Waals surface area contributed by atoms with Crippen LogP contribution < -0.4 is 0 Å². The van der Waals surface area contributed by atoms with Gasteiger partial charge in [-0.2, -0.15) is 0 Å². The highest BCUT2D eigenvalue weighted by molar-refractivity contribution is 5.71. The molecule has 6 nitrogen and oxygen atoms in total. The number of rotatable bonds is 3. The first-order valence-electron chi connectivity index (χ1n) is 5.04. The van der Waals surface area contributed by atoms with E-state index >= 15 is 0 Å². The summed E-state index contributed by atoms with van der Waals surface area (Å²) in [6, 6.07) is 0. The number of aromatic nitrogens is 3. The van der Waals surface area contributed by atoms with E-state index in [1.807, 2.05) is 16.4 Å². The first kappa shape index (κ1) is 10.1. The third kappa shape index (κ3) is 2.33. The molecule has 6 heteroatoms. The number of carbonyl (C=O) groups is 1. The van der Waals surface area contributed by atoms with Crippen molar-refractivity contribution in [2.75, 3.05) is 19.7 Å². The molecule has 0 unspecified atom stereocenters. The summed E-state index contributed by atoms with van der Waals surface area (Å²) in [6.07, 6.45) is 1.72. The largest absolute Gasteiger partial charge is 0.465 e. The van der Waals surface area contributed by atoms with Crippen molar-refractivity contribution < 1.29 is 9.53 Å². The topological polar surface area (TPSA) is 60.2 Å². The van der Waals surface area contributed by atoms with Gasteiger partial charge >= 0.3 is 5.97 Å². The van der Waals surface area contributed by atoms with Gasteiger partial charge in [0.05, 0.1) is 19.7 Å². The van der Waals surface area contributed by atoms with Gasteiger partial charge in [0.15, 0.2) is 0 Å². The lowest BCUT2D eigenvalue weighted by Crippen LogP contribution is -2.37. The zero-order chi connectivity index (χ0) is 10.7. The first-order valence-corrected chi connectivity index (χ1v) is 5.04. The molecule has 0 saturated carbocycles. The van der Waals surface area contributed by atoms with Crippen molar-refractivity contribution in [2.24, 2.45) is 0 Å². The summed E-state index contributed by atoms with van der Waals surface area (Å²) in [7, 11) is 0. The molecule has 1 aromatic rings. The quantitative estimate of drug-likeness (QED) is 0.638. The van der Waals surface area contributed by atoms with Crippen molar-refractivity contribution in [2.45, 2.75) is 20.0 Å². The molecule has 15 heavy (non-hydrogen) atoms. The first-order chi connectivity index (χ1) is 7.29. The van der Waals surface area contributed by atoms with E-state index < -0.39 is 0 Å². The van der Waals surface area contributed by atoms with E-state index in [2.05, 4.69) is 10.2 Å². The average Bonchev–Trinajstić information content (AvgIpc) is 2.65. The zero-order valence-corrected chi connectivity index (χ0v) is 8.72. The number of esters is 1. The van der Waals surface area contributed by atoms with Crippen molar-refractivity contribution in [3.8, 4) is 0 Å². The Bertz CT molecular complexity index is 350. The number of fused-ring (bicyclic) bond motifs is 1. The summed E-state index contributed by atoms with van der Waals surface area (Å²) in [5.41, 5.74) is 0. The molecule has 0 amide bonds. The van der Waals surface area contributed by atoms with Crippen LogP contribution in [0.2, 0.25) is 0 Å². The molecule has 82 valence electrons. The fraction of sp³-hybridized carbons (Fsp3) is 0.667. The highest BCUT2D eigenvalue weighted by atomic mass is 16.5. The molecular weight excluding hydrogens is 196 g/mol. The van der Waals surface area contributed by atoms with Crippen LogP contribution in [0.1, 0.15) is 12.7 Å². The molecule has 0 aromatic carbocycles. The average molecular weight is 210 g/mol. The third-order valence-corrected chi connectivity index (χ3v) is 2.38. The van der Waals surface area contributed by atoms with Gasteiger partial charge in [-0.15, -0.1) is 10.2 Å². The molecule has 0 spiro atoms. The molecule has 0 N–H and O–H groups in total. The maximum Gasteiger partial charge on any atom is 0.320 e. The van der Waals surface area contributed by atoms with E-state index in [4.69, 9.17) is 4.74 Å². The second-order valence-corrected chi connectivity index (χ2v) is 3.46. The number of hydrogen-bond donors (Lipinski definition) is 0. The Balaban J connectivity index is 1.90. The van der Waals surface area contributed by atoms with Gasteiger partial charge in [0.1, 0.15) is 12.2 Å². The lowest BCUT2D eigenvalue weighted by Gasteiger charge is -2.25. The number of nitrogens with zero attached hydrogens (tertiary/aromatic N) is 4. The van der Waals surface area contributed by atoms with Gasteiger partial charge in [0.25, 0.3) is 0 Å². The van der Waals surface area contributed by atoms with Gasteiger partial charge in [0, 0.05) is 13.1 Å². The van der Waals surface area contributed by atoms with E-state index in [1.54, 1.807) is 6.33 Å². The summed E-state index contributed by atoms with van der Waals surface area (Å²) in [6.45, 7) is 4.92. The Labute approximate surface area is 87.8 Å². The van der Waals surface area contributed by atoms with Gasteiger partial charge in [0.2, 0.25) is 0 Å². The van der Waals surface area contributed by atoms with Gasteiger partial charge in [-0.05, 0) is 6.92 Å². The normalized spacial score (nSPS) is 16.1. The van der Waals surface area contributed by atoms with Crippen LogP contribution >= 0.6 is 0 Å². The van der Waals surface area contributed by atoms with E-state index in [1.165, 1.54) is 0 Å². The second kappa shape index (κ2) is 4.39. The summed E-state index contributed by atoms with van der Waals surface area (Å²) in [5.74, 6) is 0.732. The van der Waals surface area contributed by atoms with Crippen molar-refractivity contribution in [3.63, 3.8) is 0 Å². The van der Waals surface area contributed by atoms with Gasteiger partial charge < -0.3 is 9.30 Å². The van der Waals surface area contributed by atoms with Crippen LogP contribution in [0.3, 0.4) is 0 Å². The maximum absolute atomic E-state index is 11.3. The Kier molecular flexibility index (Phi) is 2.96. The Morgan fingerprint density at radius 2 is 2.47 bits per heavy atom. The van der Waals surface area contributed by atoms with E-state index in [0.29, 0.717) is 19.7 Å². The fourth-order valence-electron chi connectivity index (χ4n) is 1.64. The molecule has 1 aromatic heterocycles. The standard InChI is InChI=1S/C9H14N4O2/c1-2-15-9(14)6-12-3-4-13-7-10-11-8(13)5-12/h7H,2-6H2,1H3. The Morgan fingerprint density at radius 3 is 3.27 bits per heavy atom. The molecule has 0 aliphatic carbocycles. The third-order valence-electron chi connectivity index (χ3n) is 2.38. The summed E-state index contributed by atoms with van der Waals surface area (Å²) < 4.78 is 6.89. The molecule has 1 aliphatic rings. The molecule has 0 saturated heterocycles. The van der Waals surface area contributed by atoms with Gasteiger partial charge in [-0.3, -0.25) is 9.69 Å². The van der Waals surface area contributed by atoms with Gasteiger partial charge in [-0.25, -0.2) is 0 Å². The predicted octanol–water partition coefficient (Wildman–Crippen LogP) is -0.343. The molecule has 0 atom stereocenters. The fourth-order valence-corrected chi connectivity index (χ4v) is 1.64. The Hall–Kier alpha value is -1.43. The van der Waals surface area contributed by atoms with Crippen molar-refractivity contribution in [1.82, 2.24) is 19.7 Å². The lowest BCUT2D eigenvalue weighted by atomic mass is 10.3. The van der Waals surface area contributed by atoms with Crippen LogP contribution in [0.15, 0.2) is 6.33 Å². The zero-order valence-electron chi connectivity index (χ0n) is 8.72. The minimum Gasteiger partial charge on any atom is -0.465 e. The van der Waals surface area contributed by atoms with Crippen LogP contribution in [0.4, 0.5) is 0 Å². The smallest absolute Gasteiger partial charge is 0.320 e. The van der Waals surface area contributed by atoms with Crippen molar-refractivity contribution in [3.05, 3.63) is 12.2 Å². The number of ether oxygens (including phenoxy) is 1. The SMILES string of the molecule is CCOC(=O)CN1CCn2cnnc2C1. The summed E-state index contributed by atoms with van der Waals surface area (Å²) >= 11 is 0. The van der Waals surface area contributed by atoms with E-state index in [0.717, 1.165) is 18.9 Å². The lowest BCUT2D eigenvalue weighted by molar-refractivity contribution is -0.144. The molecule has 0 fully saturated rings. The highest BCUT2D eigenvalue weighted by Crippen LogP contribution is 2.08. The van der Waals surface area contributed by atoms with Crippen LogP contribution in [-0.4, -0.2) is 45.3 Å². The minimum absolute atomic E-state index is 0.175. The highest BCUT2D eigenvalue weighted by Gasteiger charge is 2.19. The predicted molar refractivity (Wildman–Crippen MR) is 51.9 cm³/mol. The summed E-state index contributed by atoms with van der Waals surface area (Å²) in [5, 5.41) is 7.80. The van der Waals surface area contributed by atoms with Gasteiger partial charge in [-0.1, -0.05) is 0 Å². The van der Waals surface area contributed by atoms with Crippen LogP contribution in [0.25, 0.3) is 0 Å². The van der Waals surface area contributed by atoms with Crippen molar-refractivity contribution >= 4 is 5.97 Å². The number of hydrogen-bond acceptors (Lipinski definition) is 5. The minimum atomic E-state index is -0.175. The van der Waals surface area contributed by atoms with Crippen LogP contribution in [0.5, 0.6) is 0 Å². The van der Waals surface area contributed by atoms with Crippen LogP contribution in [-0.2, 0) is 22.6 Å². The monoisotopic (exact) mass is 210 g/mol. The molecule has 1 aliphatic heterocycles. The van der Waals surface area contributed by atoms with Crippen LogP contribution in [0, 0.1) is 0 Å². The second-order valence-electron chi connectivity index (χ2n) is 3.46. The summed E-state index contributed by atoms with van der Waals surface area (Å²) in [4.78, 5) is 13.3. The van der Waals surface area contributed by atoms with Crippen molar-refractivity contribution in [1.29, 1.82) is 0 Å². The maximum atomic E-state index is 11.3. The van der Waals surface area contributed by atoms with E-state index in [-0.39, 0.29) is 5.97 Å².